The van der Waals surface area contributed by atoms with Gasteiger partial charge < -0.3 is 10.2 Å². The fourth-order valence-electron chi connectivity index (χ4n) is 2.02. The van der Waals surface area contributed by atoms with Gasteiger partial charge in [0, 0.05) is 54.2 Å². The number of nitrogens with zero attached hydrogens (tertiary/aromatic N) is 2. The number of nitrogens with one attached hydrogen (secondary N) is 1. The molecule has 1 N–H and O–H groups in total. The first-order chi connectivity index (χ1) is 9.74. The highest BCUT2D eigenvalue weighted by atomic mass is 32.1. The second-order valence-corrected chi connectivity index (χ2v) is 6.44. The summed E-state index contributed by atoms with van der Waals surface area (Å²) in [6, 6.07) is 10.5. The van der Waals surface area contributed by atoms with Crippen molar-refractivity contribution in [3.05, 3.63) is 52.0 Å². The highest BCUT2D eigenvalue weighted by molar-refractivity contribution is 7.11. The van der Waals surface area contributed by atoms with Crippen LogP contribution in [0.2, 0.25) is 0 Å². The molecule has 2 heterocycles. The number of rotatable bonds is 8. The summed E-state index contributed by atoms with van der Waals surface area (Å²) in [5.41, 5.74) is 1.17. The van der Waals surface area contributed by atoms with Crippen molar-refractivity contribution in [1.29, 1.82) is 0 Å². The second kappa shape index (κ2) is 8.15. The molecule has 0 saturated heterocycles. The van der Waals surface area contributed by atoms with Crippen molar-refractivity contribution in [1.82, 2.24) is 15.2 Å². The zero-order valence-corrected chi connectivity index (χ0v) is 13.1. The van der Waals surface area contributed by atoms with E-state index in [1.54, 1.807) is 0 Å². The van der Waals surface area contributed by atoms with Gasteiger partial charge in [0.05, 0.1) is 0 Å². The van der Waals surface area contributed by atoms with E-state index in [0.29, 0.717) is 0 Å². The van der Waals surface area contributed by atoms with Gasteiger partial charge in [-0.15, -0.1) is 11.3 Å². The number of thiophene rings is 1. The maximum absolute atomic E-state index is 4.35. The molecule has 2 aromatic rings. The Morgan fingerprint density at radius 2 is 2.10 bits per heavy atom. The Balaban J connectivity index is 1.57. The topological polar surface area (TPSA) is 28.2 Å². The molecule has 0 bridgehead atoms. The minimum Gasteiger partial charge on any atom is -0.311 e. The summed E-state index contributed by atoms with van der Waals surface area (Å²) in [6.45, 7) is 6.27. The molecular weight excluding hydrogens is 266 g/mol. The van der Waals surface area contributed by atoms with E-state index < -0.39 is 0 Å². The zero-order chi connectivity index (χ0) is 14.2. The average molecular weight is 289 g/mol. The van der Waals surface area contributed by atoms with Gasteiger partial charge in [0.2, 0.25) is 0 Å². The maximum atomic E-state index is 4.35. The zero-order valence-electron chi connectivity index (χ0n) is 12.3. The van der Waals surface area contributed by atoms with Gasteiger partial charge in [-0.25, -0.2) is 0 Å². The van der Waals surface area contributed by atoms with Crippen molar-refractivity contribution in [2.75, 3.05) is 26.7 Å². The van der Waals surface area contributed by atoms with Crippen LogP contribution in [0.4, 0.5) is 0 Å². The molecule has 0 saturated carbocycles. The second-order valence-electron chi connectivity index (χ2n) is 5.06. The van der Waals surface area contributed by atoms with Crippen molar-refractivity contribution in [3.8, 4) is 0 Å². The first-order valence-corrected chi connectivity index (χ1v) is 7.90. The van der Waals surface area contributed by atoms with Crippen molar-refractivity contribution in [2.45, 2.75) is 19.9 Å². The van der Waals surface area contributed by atoms with Crippen molar-refractivity contribution in [3.63, 3.8) is 0 Å². The predicted molar refractivity (Wildman–Crippen MR) is 86.2 cm³/mol. The molecular formula is C16H23N3S. The van der Waals surface area contributed by atoms with Crippen LogP contribution in [-0.4, -0.2) is 36.6 Å². The average Bonchev–Trinajstić information content (AvgIpc) is 2.88. The van der Waals surface area contributed by atoms with E-state index in [2.05, 4.69) is 47.4 Å². The molecule has 0 unspecified atom stereocenters. The van der Waals surface area contributed by atoms with Crippen LogP contribution in [-0.2, 0) is 13.0 Å². The molecule has 0 amide bonds. The van der Waals surface area contributed by atoms with E-state index in [9.17, 15) is 0 Å². The summed E-state index contributed by atoms with van der Waals surface area (Å²) >= 11 is 1.87. The first kappa shape index (κ1) is 15.2. The number of hydrogen-bond acceptors (Lipinski definition) is 4. The van der Waals surface area contributed by atoms with Crippen molar-refractivity contribution < 1.29 is 0 Å². The number of hydrogen-bond donors (Lipinski definition) is 1. The molecule has 3 nitrogen and oxygen atoms in total. The van der Waals surface area contributed by atoms with Crippen molar-refractivity contribution in [2.24, 2.45) is 0 Å². The van der Waals surface area contributed by atoms with Crippen molar-refractivity contribution >= 4 is 11.3 Å². The molecule has 0 aliphatic carbocycles. The van der Waals surface area contributed by atoms with Crippen LogP contribution in [0.15, 0.2) is 36.5 Å². The smallest absolute Gasteiger partial charge is 0.0416 e. The SMILES string of the molecule is Cc1ccc(CNCCN(C)CCc2ccccn2)s1. The summed E-state index contributed by atoms with van der Waals surface area (Å²) in [5, 5.41) is 3.50. The van der Waals surface area contributed by atoms with Gasteiger partial charge in [0.1, 0.15) is 0 Å². The third-order valence-corrected chi connectivity index (χ3v) is 4.24. The largest absolute Gasteiger partial charge is 0.311 e. The van der Waals surface area contributed by atoms with Gasteiger partial charge in [-0.1, -0.05) is 6.07 Å². The van der Waals surface area contributed by atoms with E-state index in [1.165, 1.54) is 15.4 Å². The van der Waals surface area contributed by atoms with Gasteiger partial charge >= 0.3 is 0 Å². The maximum Gasteiger partial charge on any atom is 0.0416 e. The Kier molecular flexibility index (Phi) is 6.18. The lowest BCUT2D eigenvalue weighted by atomic mass is 10.2. The third kappa shape index (κ3) is 5.41. The fraction of sp³-hybridized carbons (Fsp3) is 0.438. The minimum absolute atomic E-state index is 0.979. The van der Waals surface area contributed by atoms with Crippen LogP contribution in [0, 0.1) is 6.92 Å². The lowest BCUT2D eigenvalue weighted by Crippen LogP contribution is -2.30. The molecule has 0 aromatic carbocycles. The van der Waals surface area contributed by atoms with Crippen LogP contribution in [0.5, 0.6) is 0 Å². The van der Waals surface area contributed by atoms with Gasteiger partial charge in [-0.3, -0.25) is 4.98 Å². The van der Waals surface area contributed by atoms with Gasteiger partial charge in [0.15, 0.2) is 0 Å². The van der Waals surface area contributed by atoms with E-state index in [4.69, 9.17) is 0 Å². The molecule has 0 aliphatic rings. The Hall–Kier alpha value is -1.23. The molecule has 0 radical (unpaired) electrons. The number of aromatic nitrogens is 1. The van der Waals surface area contributed by atoms with Crippen LogP contribution in [0.25, 0.3) is 0 Å². The number of likely N-dealkylation sites (N-methyl/N-ethyl adjacent to an activating group) is 1. The summed E-state index contributed by atoms with van der Waals surface area (Å²) in [4.78, 5) is 9.50. The number of pyridine rings is 1. The molecule has 20 heavy (non-hydrogen) atoms. The van der Waals surface area contributed by atoms with Gasteiger partial charge in [-0.2, -0.15) is 0 Å². The summed E-state index contributed by atoms with van der Waals surface area (Å²) in [6.07, 6.45) is 2.88. The molecule has 108 valence electrons. The van der Waals surface area contributed by atoms with Crippen LogP contribution >= 0.6 is 11.3 Å². The lowest BCUT2D eigenvalue weighted by molar-refractivity contribution is 0.334. The van der Waals surface area contributed by atoms with Gasteiger partial charge in [0.25, 0.3) is 0 Å². The predicted octanol–water partition coefficient (Wildman–Crippen LogP) is 2.72. The van der Waals surface area contributed by atoms with Crippen LogP contribution < -0.4 is 5.32 Å². The van der Waals surface area contributed by atoms with Gasteiger partial charge in [-0.05, 0) is 38.2 Å². The molecule has 2 rings (SSSR count). The highest BCUT2D eigenvalue weighted by Crippen LogP contribution is 2.14. The van der Waals surface area contributed by atoms with E-state index in [-0.39, 0.29) is 0 Å². The van der Waals surface area contributed by atoms with E-state index in [1.807, 2.05) is 29.7 Å². The monoisotopic (exact) mass is 289 g/mol. The first-order valence-electron chi connectivity index (χ1n) is 7.08. The Bertz CT molecular complexity index is 495. The Morgan fingerprint density at radius 3 is 2.80 bits per heavy atom. The van der Waals surface area contributed by atoms with Crippen LogP contribution in [0.3, 0.4) is 0 Å². The van der Waals surface area contributed by atoms with Crippen LogP contribution in [0.1, 0.15) is 15.4 Å². The molecule has 4 heteroatoms. The minimum atomic E-state index is 0.979. The normalized spacial score (nSPS) is 11.2. The Labute approximate surface area is 125 Å². The quantitative estimate of drug-likeness (QED) is 0.757. The Morgan fingerprint density at radius 1 is 1.20 bits per heavy atom. The molecule has 2 aromatic heterocycles. The standard InChI is InChI=1S/C16H23N3S/c1-14-6-7-16(20-14)13-17-10-12-19(2)11-8-15-5-3-4-9-18-15/h3-7,9,17H,8,10-13H2,1-2H3. The van der Waals surface area contributed by atoms with E-state index >= 15 is 0 Å². The molecule has 0 fully saturated rings. The molecule has 0 spiro atoms. The van der Waals surface area contributed by atoms with E-state index in [0.717, 1.165) is 32.6 Å². The summed E-state index contributed by atoms with van der Waals surface area (Å²) < 4.78 is 0. The highest BCUT2D eigenvalue weighted by Gasteiger charge is 2.00. The molecule has 0 aliphatic heterocycles. The number of aryl methyl sites for hydroxylation is 1. The summed E-state index contributed by atoms with van der Waals surface area (Å²) in [5.74, 6) is 0. The third-order valence-electron chi connectivity index (χ3n) is 3.24. The summed E-state index contributed by atoms with van der Waals surface area (Å²) in [7, 11) is 2.17. The molecule has 0 atom stereocenters. The lowest BCUT2D eigenvalue weighted by Gasteiger charge is -2.16. The fourth-order valence-corrected chi connectivity index (χ4v) is 2.88.